The van der Waals surface area contributed by atoms with Gasteiger partial charge in [0.15, 0.2) is 4.96 Å². The van der Waals surface area contributed by atoms with Gasteiger partial charge in [-0.15, -0.1) is 11.3 Å². The molecule has 0 aliphatic heterocycles. The second kappa shape index (κ2) is 10.7. The number of amides is 2. The maximum Gasteiger partial charge on any atom is 0.416 e. The molecule has 0 unspecified atom stereocenters. The van der Waals surface area contributed by atoms with Crippen molar-refractivity contribution in [2.75, 3.05) is 11.9 Å². The molecule has 0 fully saturated rings. The van der Waals surface area contributed by atoms with E-state index in [1.807, 2.05) is 46.3 Å². The number of rotatable bonds is 7. The molecule has 194 valence electrons. The fourth-order valence-corrected chi connectivity index (χ4v) is 4.93. The number of imidazole rings is 1. The van der Waals surface area contributed by atoms with E-state index in [2.05, 4.69) is 10.3 Å². The summed E-state index contributed by atoms with van der Waals surface area (Å²) in [7, 11) is 0. The molecular formula is C28H22F4N4OS. The van der Waals surface area contributed by atoms with Crippen LogP contribution in [-0.2, 0) is 19.1 Å². The molecule has 2 heterocycles. The molecule has 0 saturated heterocycles. The molecule has 5 aromatic rings. The van der Waals surface area contributed by atoms with E-state index < -0.39 is 17.8 Å². The molecule has 0 aliphatic carbocycles. The third-order valence-corrected chi connectivity index (χ3v) is 6.92. The van der Waals surface area contributed by atoms with Gasteiger partial charge in [-0.2, -0.15) is 13.2 Å². The Morgan fingerprint density at radius 2 is 1.68 bits per heavy atom. The molecule has 0 spiro atoms. The lowest BCUT2D eigenvalue weighted by molar-refractivity contribution is -0.137. The summed E-state index contributed by atoms with van der Waals surface area (Å²) in [6.45, 7) is 0.683. The zero-order valence-electron chi connectivity index (χ0n) is 20.0. The highest BCUT2D eigenvalue weighted by Gasteiger charge is 2.30. The zero-order valence-corrected chi connectivity index (χ0v) is 20.8. The number of thiazole rings is 1. The number of carbonyl (C=O) groups excluding carboxylic acids is 1. The van der Waals surface area contributed by atoms with Crippen LogP contribution < -0.4 is 5.32 Å². The van der Waals surface area contributed by atoms with E-state index in [9.17, 15) is 22.4 Å². The van der Waals surface area contributed by atoms with Crippen molar-refractivity contribution in [1.29, 1.82) is 0 Å². The highest BCUT2D eigenvalue weighted by molar-refractivity contribution is 7.15. The van der Waals surface area contributed by atoms with Crippen molar-refractivity contribution in [3.05, 3.63) is 113 Å². The van der Waals surface area contributed by atoms with Crippen LogP contribution in [0.2, 0.25) is 0 Å². The molecule has 5 nitrogen and oxygen atoms in total. The largest absolute Gasteiger partial charge is 0.416 e. The Kier molecular flexibility index (Phi) is 7.15. The highest BCUT2D eigenvalue weighted by atomic mass is 32.1. The number of nitrogens with zero attached hydrogens (tertiary/aromatic N) is 3. The van der Waals surface area contributed by atoms with Crippen LogP contribution in [0, 0.1) is 5.82 Å². The minimum Gasteiger partial charge on any atom is -0.320 e. The smallest absolute Gasteiger partial charge is 0.320 e. The van der Waals surface area contributed by atoms with Crippen LogP contribution in [-0.4, -0.2) is 26.9 Å². The van der Waals surface area contributed by atoms with Gasteiger partial charge in [-0.1, -0.05) is 30.3 Å². The van der Waals surface area contributed by atoms with Crippen molar-refractivity contribution >= 4 is 28.0 Å². The van der Waals surface area contributed by atoms with Crippen LogP contribution in [0.15, 0.2) is 90.4 Å². The van der Waals surface area contributed by atoms with Crippen molar-refractivity contribution in [2.24, 2.45) is 0 Å². The first-order valence-electron chi connectivity index (χ1n) is 11.7. The van der Waals surface area contributed by atoms with E-state index >= 15 is 0 Å². The molecule has 2 amide bonds. The zero-order chi connectivity index (χ0) is 26.7. The SMILES string of the molecule is O=C(Nc1ccc(C(F)(F)F)cc1)N(CCc1csc2nc(-c3ccc(F)cc3)cn12)Cc1ccccc1. The average Bonchev–Trinajstić information content (AvgIpc) is 3.49. The number of hydrogen-bond donors (Lipinski definition) is 1. The van der Waals surface area contributed by atoms with Gasteiger partial charge in [-0.05, 0) is 54.1 Å². The Hall–Kier alpha value is -4.18. The molecule has 2 aromatic heterocycles. The van der Waals surface area contributed by atoms with Crippen LogP contribution in [0.5, 0.6) is 0 Å². The van der Waals surface area contributed by atoms with Crippen molar-refractivity contribution < 1.29 is 22.4 Å². The molecule has 0 radical (unpaired) electrons. The van der Waals surface area contributed by atoms with E-state index in [0.29, 0.717) is 19.5 Å². The Balaban J connectivity index is 1.33. The predicted molar refractivity (Wildman–Crippen MR) is 139 cm³/mol. The highest BCUT2D eigenvalue weighted by Crippen LogP contribution is 2.30. The second-order valence-electron chi connectivity index (χ2n) is 8.68. The third-order valence-electron chi connectivity index (χ3n) is 6.03. The first kappa shape index (κ1) is 25.5. The number of nitrogens with one attached hydrogen (secondary N) is 1. The maximum absolute atomic E-state index is 13.3. The fraction of sp³-hybridized carbons (Fsp3) is 0.143. The maximum atomic E-state index is 13.3. The van der Waals surface area contributed by atoms with Crippen molar-refractivity contribution in [2.45, 2.75) is 19.1 Å². The van der Waals surface area contributed by atoms with E-state index in [4.69, 9.17) is 0 Å². The van der Waals surface area contributed by atoms with Crippen LogP contribution in [0.3, 0.4) is 0 Å². The number of halogens is 4. The van der Waals surface area contributed by atoms with Gasteiger partial charge in [-0.3, -0.25) is 4.40 Å². The van der Waals surface area contributed by atoms with Gasteiger partial charge in [0.2, 0.25) is 0 Å². The molecular weight excluding hydrogens is 516 g/mol. The number of carbonyl (C=O) groups is 1. The van der Waals surface area contributed by atoms with Crippen molar-refractivity contribution in [3.8, 4) is 11.3 Å². The second-order valence-corrected chi connectivity index (χ2v) is 9.51. The lowest BCUT2D eigenvalue weighted by Crippen LogP contribution is -2.36. The summed E-state index contributed by atoms with van der Waals surface area (Å²) in [5.41, 5.74) is 2.89. The summed E-state index contributed by atoms with van der Waals surface area (Å²) in [4.78, 5) is 20.2. The first-order chi connectivity index (χ1) is 18.3. The summed E-state index contributed by atoms with van der Waals surface area (Å²) in [5, 5.41) is 4.69. The molecule has 38 heavy (non-hydrogen) atoms. The Morgan fingerprint density at radius 3 is 2.37 bits per heavy atom. The molecule has 1 N–H and O–H groups in total. The van der Waals surface area contributed by atoms with Crippen LogP contribution in [0.25, 0.3) is 16.2 Å². The van der Waals surface area contributed by atoms with Gasteiger partial charge < -0.3 is 10.2 Å². The van der Waals surface area contributed by atoms with E-state index in [1.54, 1.807) is 17.0 Å². The Morgan fingerprint density at radius 1 is 0.974 bits per heavy atom. The molecule has 0 saturated carbocycles. The normalized spacial score (nSPS) is 11.6. The number of aromatic nitrogens is 2. The lowest BCUT2D eigenvalue weighted by atomic mass is 10.2. The predicted octanol–water partition coefficient (Wildman–Crippen LogP) is 7.50. The number of alkyl halides is 3. The van der Waals surface area contributed by atoms with Gasteiger partial charge in [0.25, 0.3) is 0 Å². The Bertz CT molecular complexity index is 1530. The van der Waals surface area contributed by atoms with Crippen LogP contribution in [0.1, 0.15) is 16.8 Å². The molecule has 10 heteroatoms. The van der Waals surface area contributed by atoms with E-state index in [1.165, 1.54) is 35.6 Å². The summed E-state index contributed by atoms with van der Waals surface area (Å²) < 4.78 is 54.0. The molecule has 3 aromatic carbocycles. The van der Waals surface area contributed by atoms with Gasteiger partial charge >= 0.3 is 12.2 Å². The van der Waals surface area contributed by atoms with Crippen LogP contribution in [0.4, 0.5) is 28.0 Å². The standard InChI is InChI=1S/C28H22F4N4OS/c29-22-10-6-20(7-11-22)25-17-36-24(18-38-27(36)34-25)14-15-35(16-19-4-2-1-3-5-19)26(37)33-23-12-8-21(9-13-23)28(30,31)32/h1-13,17-18H,14-16H2,(H,33,37). The molecule has 5 rings (SSSR count). The summed E-state index contributed by atoms with van der Waals surface area (Å²) in [6, 6.07) is 19.5. The molecule has 0 atom stereocenters. The summed E-state index contributed by atoms with van der Waals surface area (Å²) in [5.74, 6) is -0.316. The fourth-order valence-electron chi connectivity index (χ4n) is 4.02. The third kappa shape index (κ3) is 5.86. The average molecular weight is 539 g/mol. The van der Waals surface area contributed by atoms with E-state index in [0.717, 1.165) is 39.6 Å². The minimum absolute atomic E-state index is 0.275. The van der Waals surface area contributed by atoms with Gasteiger partial charge in [0.05, 0.1) is 11.3 Å². The lowest BCUT2D eigenvalue weighted by Gasteiger charge is -2.23. The minimum atomic E-state index is -4.45. The van der Waals surface area contributed by atoms with Crippen LogP contribution >= 0.6 is 11.3 Å². The molecule has 0 aliphatic rings. The van der Waals surface area contributed by atoms with Crippen molar-refractivity contribution in [1.82, 2.24) is 14.3 Å². The van der Waals surface area contributed by atoms with Crippen molar-refractivity contribution in [3.63, 3.8) is 0 Å². The number of urea groups is 1. The monoisotopic (exact) mass is 538 g/mol. The summed E-state index contributed by atoms with van der Waals surface area (Å²) in [6.07, 6.45) is -2.04. The number of benzene rings is 3. The van der Waals surface area contributed by atoms with Gasteiger partial charge in [-0.25, -0.2) is 14.2 Å². The first-order valence-corrected chi connectivity index (χ1v) is 12.6. The quantitative estimate of drug-likeness (QED) is 0.218. The molecule has 0 bridgehead atoms. The summed E-state index contributed by atoms with van der Waals surface area (Å²) >= 11 is 1.47. The van der Waals surface area contributed by atoms with Gasteiger partial charge in [0, 0.05) is 48.0 Å². The number of fused-ring (bicyclic) bond motifs is 1. The van der Waals surface area contributed by atoms with Gasteiger partial charge in [0.1, 0.15) is 5.82 Å². The Labute approximate surface area is 220 Å². The van der Waals surface area contributed by atoms with E-state index in [-0.39, 0.29) is 11.5 Å². The topological polar surface area (TPSA) is 49.6 Å². The number of anilines is 1. The number of hydrogen-bond acceptors (Lipinski definition) is 3.